The number of benzene rings is 2. The number of halogens is 3. The summed E-state index contributed by atoms with van der Waals surface area (Å²) in [5, 5.41) is 3.84. The minimum atomic E-state index is -3.01. The molecular formula is C18H13BrF2N2O5. The summed E-state index contributed by atoms with van der Waals surface area (Å²) in [6.07, 6.45) is 0. The van der Waals surface area contributed by atoms with Gasteiger partial charge < -0.3 is 18.7 Å². The number of hydrogen-bond acceptors (Lipinski definition) is 7. The maximum absolute atomic E-state index is 12.4. The third-order valence-electron chi connectivity index (χ3n) is 3.49. The van der Waals surface area contributed by atoms with E-state index in [0.29, 0.717) is 5.82 Å². The molecule has 3 rings (SSSR count). The zero-order valence-corrected chi connectivity index (χ0v) is 16.0. The Hall–Kier alpha value is -3.01. The molecule has 28 heavy (non-hydrogen) atoms. The maximum atomic E-state index is 12.4. The van der Waals surface area contributed by atoms with Crippen molar-refractivity contribution in [3.63, 3.8) is 0 Å². The van der Waals surface area contributed by atoms with Crippen LogP contribution in [0, 0.1) is 0 Å². The van der Waals surface area contributed by atoms with E-state index in [2.05, 4.69) is 30.8 Å². The molecule has 0 aliphatic heterocycles. The third kappa shape index (κ3) is 4.83. The van der Waals surface area contributed by atoms with Gasteiger partial charge in [-0.05, 0) is 30.3 Å². The lowest BCUT2D eigenvalue weighted by atomic mass is 10.2. The molecule has 1 heterocycles. The molecule has 10 heteroatoms. The van der Waals surface area contributed by atoms with Crippen molar-refractivity contribution in [2.75, 3.05) is 7.11 Å². The van der Waals surface area contributed by atoms with Crippen LogP contribution in [-0.2, 0) is 11.3 Å². The molecule has 3 aromatic rings. The highest BCUT2D eigenvalue weighted by molar-refractivity contribution is 9.10. The normalized spacial score (nSPS) is 10.8. The van der Waals surface area contributed by atoms with Crippen molar-refractivity contribution in [3.8, 4) is 22.9 Å². The number of rotatable bonds is 7. The average Bonchev–Trinajstić information content (AvgIpc) is 3.15. The molecular weight excluding hydrogens is 442 g/mol. The molecule has 0 unspecified atom stereocenters. The summed E-state index contributed by atoms with van der Waals surface area (Å²) in [4.78, 5) is 16.3. The largest absolute Gasteiger partial charge is 0.493 e. The summed E-state index contributed by atoms with van der Waals surface area (Å²) in [6, 6.07) is 11.0. The minimum absolute atomic E-state index is 0.0236. The quantitative estimate of drug-likeness (QED) is 0.487. The predicted octanol–water partition coefficient (Wildman–Crippen LogP) is 4.47. The predicted molar refractivity (Wildman–Crippen MR) is 96.2 cm³/mol. The highest BCUT2D eigenvalue weighted by Gasteiger charge is 2.16. The van der Waals surface area contributed by atoms with Crippen molar-refractivity contribution < 1.29 is 32.3 Å². The number of aromatic nitrogens is 2. The molecule has 146 valence electrons. The van der Waals surface area contributed by atoms with Crippen molar-refractivity contribution in [1.29, 1.82) is 0 Å². The standard InChI is InChI=1S/C18H13BrF2N2O5/c1-25-14-8-11(5-6-13(14)27-18(20)21)17(24)26-9-15-22-16(23-28-15)10-3-2-4-12(19)7-10/h2-8,18H,9H2,1H3. The van der Waals surface area contributed by atoms with Crippen molar-refractivity contribution in [1.82, 2.24) is 10.1 Å². The summed E-state index contributed by atoms with van der Waals surface area (Å²) in [7, 11) is 1.27. The first-order valence-electron chi connectivity index (χ1n) is 7.85. The topological polar surface area (TPSA) is 83.7 Å². The van der Waals surface area contributed by atoms with Crippen LogP contribution in [0.15, 0.2) is 51.5 Å². The third-order valence-corrected chi connectivity index (χ3v) is 3.99. The van der Waals surface area contributed by atoms with E-state index in [-0.39, 0.29) is 29.6 Å². The molecule has 7 nitrogen and oxygen atoms in total. The first-order valence-corrected chi connectivity index (χ1v) is 8.64. The number of nitrogens with zero attached hydrogens (tertiary/aromatic N) is 2. The van der Waals surface area contributed by atoms with Gasteiger partial charge in [0.05, 0.1) is 12.7 Å². The van der Waals surface area contributed by atoms with Crippen molar-refractivity contribution in [3.05, 3.63) is 58.4 Å². The number of ether oxygens (including phenoxy) is 3. The second-order valence-electron chi connectivity index (χ2n) is 5.34. The van der Waals surface area contributed by atoms with Crippen molar-refractivity contribution >= 4 is 21.9 Å². The van der Waals surface area contributed by atoms with Gasteiger partial charge >= 0.3 is 12.6 Å². The number of methoxy groups -OCH3 is 1. The summed E-state index contributed by atoms with van der Waals surface area (Å²) >= 11 is 3.36. The van der Waals surface area contributed by atoms with Crippen molar-refractivity contribution in [2.45, 2.75) is 13.2 Å². The molecule has 0 N–H and O–H groups in total. The lowest BCUT2D eigenvalue weighted by Gasteiger charge is -2.10. The Morgan fingerprint density at radius 3 is 2.75 bits per heavy atom. The van der Waals surface area contributed by atoms with Crippen LogP contribution in [0.25, 0.3) is 11.4 Å². The molecule has 0 aliphatic rings. The first-order chi connectivity index (χ1) is 13.5. The van der Waals surface area contributed by atoms with E-state index in [4.69, 9.17) is 14.0 Å². The highest BCUT2D eigenvalue weighted by atomic mass is 79.9. The highest BCUT2D eigenvalue weighted by Crippen LogP contribution is 2.29. The Balaban J connectivity index is 1.66. The second kappa shape index (κ2) is 8.79. The Labute approximate surface area is 166 Å². The van der Waals surface area contributed by atoms with Gasteiger partial charge in [-0.2, -0.15) is 13.8 Å². The van der Waals surface area contributed by atoms with E-state index in [1.165, 1.54) is 25.3 Å². The van der Waals surface area contributed by atoms with E-state index in [9.17, 15) is 13.6 Å². The lowest BCUT2D eigenvalue weighted by molar-refractivity contribution is -0.0512. The fourth-order valence-electron chi connectivity index (χ4n) is 2.26. The zero-order chi connectivity index (χ0) is 20.1. The average molecular weight is 455 g/mol. The van der Waals surface area contributed by atoms with Gasteiger partial charge in [0.1, 0.15) is 0 Å². The number of alkyl halides is 2. The van der Waals surface area contributed by atoms with Crippen LogP contribution < -0.4 is 9.47 Å². The van der Waals surface area contributed by atoms with Gasteiger partial charge in [0.25, 0.3) is 5.89 Å². The Bertz CT molecular complexity index is 980. The molecule has 0 radical (unpaired) electrons. The van der Waals surface area contributed by atoms with E-state index in [0.717, 1.165) is 10.0 Å². The molecule has 0 spiro atoms. The Morgan fingerprint density at radius 1 is 1.21 bits per heavy atom. The molecule has 0 amide bonds. The second-order valence-corrected chi connectivity index (χ2v) is 6.26. The Morgan fingerprint density at radius 2 is 2.04 bits per heavy atom. The summed E-state index contributed by atoms with van der Waals surface area (Å²) in [5.74, 6) is -0.478. The van der Waals surface area contributed by atoms with Crippen LogP contribution >= 0.6 is 15.9 Å². The summed E-state index contributed by atoms with van der Waals surface area (Å²) in [6.45, 7) is -3.26. The van der Waals surface area contributed by atoms with Crippen LogP contribution in [0.2, 0.25) is 0 Å². The zero-order valence-electron chi connectivity index (χ0n) is 14.4. The van der Waals surface area contributed by atoms with E-state index in [1.54, 1.807) is 6.07 Å². The molecule has 0 bridgehead atoms. The monoisotopic (exact) mass is 454 g/mol. The molecule has 1 aromatic heterocycles. The summed E-state index contributed by atoms with van der Waals surface area (Å²) in [5.41, 5.74) is 0.820. The van der Waals surface area contributed by atoms with E-state index >= 15 is 0 Å². The molecule has 2 aromatic carbocycles. The molecule has 0 fully saturated rings. The molecule has 0 aliphatic carbocycles. The number of carbonyl (C=O) groups is 1. The summed E-state index contributed by atoms with van der Waals surface area (Å²) < 4.78 is 45.0. The van der Waals surface area contributed by atoms with Gasteiger partial charge in [-0.25, -0.2) is 4.79 Å². The molecule has 0 saturated carbocycles. The van der Waals surface area contributed by atoms with E-state index in [1.807, 2.05) is 18.2 Å². The van der Waals surface area contributed by atoms with Crippen molar-refractivity contribution in [2.24, 2.45) is 0 Å². The SMILES string of the molecule is COc1cc(C(=O)OCc2nc(-c3cccc(Br)c3)no2)ccc1OC(F)F. The molecule has 0 saturated heterocycles. The fraction of sp³-hybridized carbons (Fsp3) is 0.167. The number of esters is 1. The van der Waals surface area contributed by atoms with Crippen LogP contribution in [0.5, 0.6) is 11.5 Å². The van der Waals surface area contributed by atoms with Crippen LogP contribution in [0.3, 0.4) is 0 Å². The minimum Gasteiger partial charge on any atom is -0.493 e. The van der Waals surface area contributed by atoms with Gasteiger partial charge in [-0.1, -0.05) is 33.2 Å². The van der Waals surface area contributed by atoms with Gasteiger partial charge in [-0.3, -0.25) is 0 Å². The first kappa shape index (κ1) is 19.7. The Kier molecular flexibility index (Phi) is 6.19. The van der Waals surface area contributed by atoms with Gasteiger partial charge in [-0.15, -0.1) is 0 Å². The smallest absolute Gasteiger partial charge is 0.387 e. The molecule has 0 atom stereocenters. The maximum Gasteiger partial charge on any atom is 0.387 e. The van der Waals surface area contributed by atoms with Gasteiger partial charge in [0.15, 0.2) is 18.1 Å². The fourth-order valence-corrected chi connectivity index (χ4v) is 2.66. The van der Waals surface area contributed by atoms with E-state index < -0.39 is 12.6 Å². The van der Waals surface area contributed by atoms with Crippen LogP contribution in [-0.4, -0.2) is 29.8 Å². The van der Waals surface area contributed by atoms with Crippen LogP contribution in [0.4, 0.5) is 8.78 Å². The number of carbonyl (C=O) groups excluding carboxylic acids is 1. The number of hydrogen-bond donors (Lipinski definition) is 0. The van der Waals surface area contributed by atoms with Gasteiger partial charge in [0.2, 0.25) is 5.82 Å². The van der Waals surface area contributed by atoms with Crippen LogP contribution in [0.1, 0.15) is 16.2 Å². The van der Waals surface area contributed by atoms with Gasteiger partial charge in [0, 0.05) is 10.0 Å². The lowest BCUT2D eigenvalue weighted by Crippen LogP contribution is -2.07.